The van der Waals surface area contributed by atoms with E-state index < -0.39 is 0 Å². The fraction of sp³-hybridized carbons (Fsp3) is 0.136. The second-order valence-electron chi connectivity index (χ2n) is 6.36. The Bertz CT molecular complexity index is 1010. The molecule has 2 aromatic heterocycles. The zero-order valence-electron chi connectivity index (χ0n) is 14.5. The minimum atomic E-state index is -0.304. The van der Waals surface area contributed by atoms with E-state index in [-0.39, 0.29) is 17.9 Å². The summed E-state index contributed by atoms with van der Waals surface area (Å²) in [6, 6.07) is 22.0. The maximum Gasteiger partial charge on any atom is 0.181 e. The van der Waals surface area contributed by atoms with Gasteiger partial charge in [-0.25, -0.2) is 0 Å². The molecule has 0 aliphatic heterocycles. The molecule has 0 spiro atoms. The molecule has 0 saturated heterocycles. The van der Waals surface area contributed by atoms with Gasteiger partial charge in [0.05, 0.1) is 12.1 Å². The van der Waals surface area contributed by atoms with Crippen molar-refractivity contribution in [3.05, 3.63) is 94.3 Å². The van der Waals surface area contributed by atoms with Crippen LogP contribution in [0, 0.1) is 0 Å². The number of carbonyl (C=O) groups excluding carboxylic acids is 1. The minimum Gasteiger partial charge on any atom is -0.360 e. The van der Waals surface area contributed by atoms with Gasteiger partial charge < -0.3 is 4.98 Å². The molecule has 0 amide bonds. The molecular weight excluding hydrogens is 340 g/mol. The van der Waals surface area contributed by atoms with Crippen LogP contribution in [0.5, 0.6) is 0 Å². The van der Waals surface area contributed by atoms with Crippen molar-refractivity contribution >= 4 is 28.0 Å². The van der Waals surface area contributed by atoms with Crippen molar-refractivity contribution in [1.82, 2.24) is 10.3 Å². The Hall–Kier alpha value is -2.69. The van der Waals surface area contributed by atoms with Gasteiger partial charge in [0.15, 0.2) is 5.78 Å². The molecule has 3 nitrogen and oxygen atoms in total. The predicted octanol–water partition coefficient (Wildman–Crippen LogP) is 5.18. The minimum absolute atomic E-state index is 0.000330. The second-order valence-corrected chi connectivity index (χ2v) is 7.34. The standard InChI is InChI=1S/C22H20N2OS/c1-15(22(25)18-14-23-19-11-6-5-10-17(18)19)24-21(20-12-7-13-26-20)16-8-3-2-4-9-16/h2-15,21,23-24H,1H3/t15-,21-/m1/s1. The molecule has 0 aliphatic rings. The summed E-state index contributed by atoms with van der Waals surface area (Å²) in [7, 11) is 0. The van der Waals surface area contributed by atoms with Crippen LogP contribution in [-0.2, 0) is 0 Å². The number of H-pyrrole nitrogens is 1. The van der Waals surface area contributed by atoms with Crippen molar-refractivity contribution in [3.8, 4) is 0 Å². The Kier molecular flexibility index (Phi) is 4.69. The number of rotatable bonds is 6. The van der Waals surface area contributed by atoms with E-state index in [1.54, 1.807) is 11.3 Å². The number of Topliss-reactive ketones (excluding diaryl/α,β-unsaturated/α-hetero) is 1. The number of aromatic amines is 1. The molecule has 0 radical (unpaired) electrons. The van der Waals surface area contributed by atoms with Gasteiger partial charge in [0.25, 0.3) is 0 Å². The molecule has 0 bridgehead atoms. The Balaban J connectivity index is 1.62. The Labute approximate surface area is 156 Å². The summed E-state index contributed by atoms with van der Waals surface area (Å²) < 4.78 is 0. The van der Waals surface area contributed by atoms with Crippen LogP contribution < -0.4 is 5.32 Å². The molecule has 2 heterocycles. The number of aromatic nitrogens is 1. The highest BCUT2D eigenvalue weighted by Crippen LogP contribution is 2.27. The smallest absolute Gasteiger partial charge is 0.181 e. The highest BCUT2D eigenvalue weighted by molar-refractivity contribution is 7.10. The van der Waals surface area contributed by atoms with Crippen LogP contribution in [0.2, 0.25) is 0 Å². The molecule has 0 fully saturated rings. The van der Waals surface area contributed by atoms with Crippen LogP contribution in [0.15, 0.2) is 78.3 Å². The van der Waals surface area contributed by atoms with Crippen molar-refractivity contribution in [2.75, 3.05) is 0 Å². The van der Waals surface area contributed by atoms with E-state index in [1.807, 2.05) is 61.7 Å². The van der Waals surface area contributed by atoms with Gasteiger partial charge in [0.1, 0.15) is 0 Å². The molecule has 26 heavy (non-hydrogen) atoms. The van der Waals surface area contributed by atoms with E-state index in [2.05, 4.69) is 33.9 Å². The summed E-state index contributed by atoms with van der Waals surface area (Å²) >= 11 is 1.70. The van der Waals surface area contributed by atoms with Gasteiger partial charge in [-0.15, -0.1) is 11.3 Å². The van der Waals surface area contributed by atoms with Gasteiger partial charge in [-0.1, -0.05) is 54.6 Å². The maximum absolute atomic E-state index is 13.1. The van der Waals surface area contributed by atoms with E-state index in [1.165, 1.54) is 4.88 Å². The molecule has 4 aromatic rings. The van der Waals surface area contributed by atoms with Crippen molar-refractivity contribution in [1.29, 1.82) is 0 Å². The number of fused-ring (bicyclic) bond motifs is 1. The zero-order valence-corrected chi connectivity index (χ0v) is 15.3. The normalized spacial score (nSPS) is 13.6. The van der Waals surface area contributed by atoms with E-state index in [4.69, 9.17) is 0 Å². The largest absolute Gasteiger partial charge is 0.360 e. The number of nitrogens with one attached hydrogen (secondary N) is 2. The lowest BCUT2D eigenvalue weighted by Gasteiger charge is -2.22. The first kappa shape index (κ1) is 16.8. The molecule has 130 valence electrons. The summed E-state index contributed by atoms with van der Waals surface area (Å²) in [4.78, 5) is 17.5. The second kappa shape index (κ2) is 7.28. The first-order valence-corrected chi connectivity index (χ1v) is 9.57. The topological polar surface area (TPSA) is 44.9 Å². The van der Waals surface area contributed by atoms with Crippen molar-refractivity contribution in [3.63, 3.8) is 0 Å². The lowest BCUT2D eigenvalue weighted by molar-refractivity contribution is 0.0949. The molecule has 0 saturated carbocycles. The number of para-hydroxylation sites is 1. The number of carbonyl (C=O) groups is 1. The molecular formula is C22H20N2OS. The molecule has 4 rings (SSSR count). The first-order valence-electron chi connectivity index (χ1n) is 8.69. The van der Waals surface area contributed by atoms with E-state index in [0.717, 1.165) is 22.0 Å². The summed E-state index contributed by atoms with van der Waals surface area (Å²) in [6.45, 7) is 1.94. The van der Waals surface area contributed by atoms with Gasteiger partial charge in [-0.05, 0) is 30.0 Å². The van der Waals surface area contributed by atoms with Crippen LogP contribution in [0.25, 0.3) is 10.9 Å². The monoisotopic (exact) mass is 360 g/mol. The highest BCUT2D eigenvalue weighted by Gasteiger charge is 2.23. The lowest BCUT2D eigenvalue weighted by atomic mass is 10.0. The average molecular weight is 360 g/mol. The molecule has 2 N–H and O–H groups in total. The third-order valence-electron chi connectivity index (χ3n) is 4.63. The highest BCUT2D eigenvalue weighted by atomic mass is 32.1. The Morgan fingerprint density at radius 3 is 2.54 bits per heavy atom. The summed E-state index contributed by atoms with van der Waals surface area (Å²) in [5.41, 5.74) is 2.88. The number of hydrogen-bond donors (Lipinski definition) is 2. The van der Waals surface area contributed by atoms with Crippen LogP contribution >= 0.6 is 11.3 Å². The number of benzene rings is 2. The number of ketones is 1. The maximum atomic E-state index is 13.1. The fourth-order valence-electron chi connectivity index (χ4n) is 3.28. The Morgan fingerprint density at radius 1 is 1.00 bits per heavy atom. The lowest BCUT2D eigenvalue weighted by Crippen LogP contribution is -2.37. The molecule has 2 atom stereocenters. The molecule has 0 aliphatic carbocycles. The van der Waals surface area contributed by atoms with Gasteiger partial charge in [-0.2, -0.15) is 0 Å². The molecule has 2 aromatic carbocycles. The fourth-order valence-corrected chi connectivity index (χ4v) is 4.09. The summed E-state index contributed by atoms with van der Waals surface area (Å²) in [6.07, 6.45) is 1.81. The van der Waals surface area contributed by atoms with Gasteiger partial charge in [0, 0.05) is 27.5 Å². The average Bonchev–Trinajstić information content (AvgIpc) is 3.36. The van der Waals surface area contributed by atoms with E-state index >= 15 is 0 Å². The number of hydrogen-bond acceptors (Lipinski definition) is 3. The van der Waals surface area contributed by atoms with Crippen LogP contribution in [0.4, 0.5) is 0 Å². The Morgan fingerprint density at radius 2 is 1.77 bits per heavy atom. The van der Waals surface area contributed by atoms with Crippen molar-refractivity contribution in [2.45, 2.75) is 19.0 Å². The summed E-state index contributed by atoms with van der Waals surface area (Å²) in [5.74, 6) is 0.0972. The molecule has 0 unspecified atom stereocenters. The molecule has 4 heteroatoms. The first-order chi connectivity index (χ1) is 12.7. The van der Waals surface area contributed by atoms with Crippen molar-refractivity contribution < 1.29 is 4.79 Å². The zero-order chi connectivity index (χ0) is 17.9. The van der Waals surface area contributed by atoms with Gasteiger partial charge in [-0.3, -0.25) is 10.1 Å². The summed E-state index contributed by atoms with van der Waals surface area (Å²) in [5, 5.41) is 6.57. The van der Waals surface area contributed by atoms with Crippen molar-refractivity contribution in [2.24, 2.45) is 0 Å². The SMILES string of the molecule is C[C@@H](N[C@H](c1ccccc1)c1cccs1)C(=O)c1c[nH]c2ccccc12. The predicted molar refractivity (Wildman–Crippen MR) is 108 cm³/mol. The van der Waals surface area contributed by atoms with Crippen LogP contribution in [0.3, 0.4) is 0 Å². The third kappa shape index (κ3) is 3.21. The quantitative estimate of drug-likeness (QED) is 0.465. The van der Waals surface area contributed by atoms with Gasteiger partial charge >= 0.3 is 0 Å². The van der Waals surface area contributed by atoms with Gasteiger partial charge in [0.2, 0.25) is 0 Å². The van der Waals surface area contributed by atoms with Crippen LogP contribution in [-0.4, -0.2) is 16.8 Å². The third-order valence-corrected chi connectivity index (χ3v) is 5.56. The van der Waals surface area contributed by atoms with Crippen LogP contribution in [0.1, 0.15) is 33.8 Å². The van der Waals surface area contributed by atoms with E-state index in [9.17, 15) is 4.79 Å². The number of thiophene rings is 1. The van der Waals surface area contributed by atoms with E-state index in [0.29, 0.717) is 0 Å².